The summed E-state index contributed by atoms with van der Waals surface area (Å²) in [5.74, 6) is 0.108. The van der Waals surface area contributed by atoms with E-state index in [9.17, 15) is 4.39 Å². The number of aryl methyl sites for hydroxylation is 1. The number of imidazole rings is 1. The van der Waals surface area contributed by atoms with Gasteiger partial charge in [0.2, 0.25) is 0 Å². The highest BCUT2D eigenvalue weighted by molar-refractivity contribution is 5.76. The first-order chi connectivity index (χ1) is 7.15. The fourth-order valence-corrected chi connectivity index (χ4v) is 1.61. The van der Waals surface area contributed by atoms with Crippen LogP contribution in [0.4, 0.5) is 4.39 Å². The number of hydrogen-bond donors (Lipinski definition) is 2. The maximum atomic E-state index is 13.4. The van der Waals surface area contributed by atoms with E-state index < -0.39 is 6.04 Å². The molecule has 1 aromatic heterocycles. The van der Waals surface area contributed by atoms with Crippen LogP contribution in [0.2, 0.25) is 0 Å². The van der Waals surface area contributed by atoms with E-state index in [4.69, 9.17) is 10.8 Å². The molecule has 80 valence electrons. The number of rotatable bonds is 2. The molecule has 1 heterocycles. The molecule has 4 nitrogen and oxygen atoms in total. The van der Waals surface area contributed by atoms with Crippen LogP contribution in [0, 0.1) is 5.82 Å². The average molecular weight is 209 g/mol. The standard InChI is InChI=1S/C10H12FN3O/c1-14-8-4-2-3-6(11)9(8)13-10(14)7(12)5-15/h2-4,7,15H,5,12H2,1H3. The summed E-state index contributed by atoms with van der Waals surface area (Å²) in [5.41, 5.74) is 6.62. The van der Waals surface area contributed by atoms with Crippen molar-refractivity contribution in [1.29, 1.82) is 0 Å². The highest BCUT2D eigenvalue weighted by atomic mass is 19.1. The Bertz CT molecular complexity index is 495. The number of nitrogens with zero attached hydrogens (tertiary/aromatic N) is 2. The first-order valence-electron chi connectivity index (χ1n) is 4.62. The zero-order chi connectivity index (χ0) is 11.0. The predicted octanol–water partition coefficient (Wildman–Crippen LogP) is 0.704. The summed E-state index contributed by atoms with van der Waals surface area (Å²) >= 11 is 0. The summed E-state index contributed by atoms with van der Waals surface area (Å²) in [4.78, 5) is 4.09. The van der Waals surface area contributed by atoms with Crippen molar-refractivity contribution < 1.29 is 9.50 Å². The van der Waals surface area contributed by atoms with E-state index in [1.807, 2.05) is 0 Å². The fourth-order valence-electron chi connectivity index (χ4n) is 1.61. The molecule has 2 rings (SSSR count). The Kier molecular flexibility index (Phi) is 2.42. The van der Waals surface area contributed by atoms with E-state index in [-0.39, 0.29) is 12.4 Å². The number of halogens is 1. The number of benzene rings is 1. The lowest BCUT2D eigenvalue weighted by molar-refractivity contribution is 0.262. The van der Waals surface area contributed by atoms with E-state index in [1.165, 1.54) is 6.07 Å². The van der Waals surface area contributed by atoms with Gasteiger partial charge in [-0.3, -0.25) is 0 Å². The van der Waals surface area contributed by atoms with Crippen LogP contribution >= 0.6 is 0 Å². The van der Waals surface area contributed by atoms with Crippen molar-refractivity contribution in [3.63, 3.8) is 0 Å². The molecule has 1 aromatic carbocycles. The minimum absolute atomic E-state index is 0.210. The predicted molar refractivity (Wildman–Crippen MR) is 54.7 cm³/mol. The van der Waals surface area contributed by atoms with Crippen LogP contribution in [0.5, 0.6) is 0 Å². The minimum atomic E-state index is -0.582. The fraction of sp³-hybridized carbons (Fsp3) is 0.300. The average Bonchev–Trinajstić information content (AvgIpc) is 2.57. The number of aliphatic hydroxyl groups is 1. The summed E-state index contributed by atoms with van der Waals surface area (Å²) in [7, 11) is 1.75. The zero-order valence-electron chi connectivity index (χ0n) is 8.31. The summed E-state index contributed by atoms with van der Waals surface area (Å²) in [6.45, 7) is -0.210. The third-order valence-corrected chi connectivity index (χ3v) is 2.43. The quantitative estimate of drug-likeness (QED) is 0.765. The first-order valence-corrected chi connectivity index (χ1v) is 4.62. The molecule has 0 amide bonds. The Balaban J connectivity index is 2.69. The lowest BCUT2D eigenvalue weighted by Crippen LogP contribution is -2.18. The van der Waals surface area contributed by atoms with Crippen molar-refractivity contribution in [2.45, 2.75) is 6.04 Å². The molecule has 0 radical (unpaired) electrons. The molecule has 0 aliphatic heterocycles. The number of aliphatic hydroxyl groups excluding tert-OH is 1. The Morgan fingerprint density at radius 2 is 2.33 bits per heavy atom. The summed E-state index contributed by atoms with van der Waals surface area (Å²) < 4.78 is 15.1. The largest absolute Gasteiger partial charge is 0.394 e. The van der Waals surface area contributed by atoms with Crippen LogP contribution in [0.3, 0.4) is 0 Å². The van der Waals surface area contributed by atoms with Crippen molar-refractivity contribution >= 4 is 11.0 Å². The van der Waals surface area contributed by atoms with Gasteiger partial charge in [0.25, 0.3) is 0 Å². The molecule has 0 saturated heterocycles. The van der Waals surface area contributed by atoms with Crippen molar-refractivity contribution in [2.24, 2.45) is 12.8 Å². The maximum absolute atomic E-state index is 13.4. The molecule has 0 aliphatic rings. The second-order valence-corrected chi connectivity index (χ2v) is 3.43. The van der Waals surface area contributed by atoms with E-state index in [0.29, 0.717) is 16.9 Å². The molecule has 0 spiro atoms. The van der Waals surface area contributed by atoms with E-state index in [1.54, 1.807) is 23.7 Å². The minimum Gasteiger partial charge on any atom is -0.394 e. The number of hydrogen-bond acceptors (Lipinski definition) is 3. The third kappa shape index (κ3) is 1.49. The Labute approximate surface area is 86.1 Å². The molecule has 0 aliphatic carbocycles. The van der Waals surface area contributed by atoms with Crippen LogP contribution in [0.15, 0.2) is 18.2 Å². The molecule has 15 heavy (non-hydrogen) atoms. The molecule has 2 aromatic rings. The van der Waals surface area contributed by atoms with Crippen LogP contribution in [0.25, 0.3) is 11.0 Å². The van der Waals surface area contributed by atoms with Gasteiger partial charge in [0.05, 0.1) is 18.2 Å². The Morgan fingerprint density at radius 3 is 2.93 bits per heavy atom. The molecular weight excluding hydrogens is 197 g/mol. The number of aromatic nitrogens is 2. The molecular formula is C10H12FN3O. The van der Waals surface area contributed by atoms with E-state index >= 15 is 0 Å². The van der Waals surface area contributed by atoms with Crippen molar-refractivity contribution in [3.8, 4) is 0 Å². The van der Waals surface area contributed by atoms with Gasteiger partial charge < -0.3 is 15.4 Å². The molecule has 1 atom stereocenters. The van der Waals surface area contributed by atoms with Gasteiger partial charge in [-0.1, -0.05) is 6.07 Å². The van der Waals surface area contributed by atoms with Gasteiger partial charge in [-0.05, 0) is 12.1 Å². The van der Waals surface area contributed by atoms with Gasteiger partial charge in [-0.25, -0.2) is 9.37 Å². The van der Waals surface area contributed by atoms with Crippen LogP contribution in [-0.2, 0) is 7.05 Å². The van der Waals surface area contributed by atoms with Crippen molar-refractivity contribution in [1.82, 2.24) is 9.55 Å². The summed E-state index contributed by atoms with van der Waals surface area (Å²) in [5, 5.41) is 8.94. The molecule has 0 fully saturated rings. The monoisotopic (exact) mass is 209 g/mol. The van der Waals surface area contributed by atoms with Crippen LogP contribution in [-0.4, -0.2) is 21.3 Å². The lowest BCUT2D eigenvalue weighted by atomic mass is 10.3. The number of fused-ring (bicyclic) bond motifs is 1. The van der Waals surface area contributed by atoms with Crippen LogP contribution in [0.1, 0.15) is 11.9 Å². The van der Waals surface area contributed by atoms with E-state index in [2.05, 4.69) is 4.98 Å². The summed E-state index contributed by atoms with van der Waals surface area (Å²) in [6.07, 6.45) is 0. The second kappa shape index (κ2) is 3.60. The topological polar surface area (TPSA) is 64.1 Å². The van der Waals surface area contributed by atoms with Crippen molar-refractivity contribution in [2.75, 3.05) is 6.61 Å². The molecule has 0 bridgehead atoms. The van der Waals surface area contributed by atoms with Gasteiger partial charge in [0, 0.05) is 7.05 Å². The van der Waals surface area contributed by atoms with Gasteiger partial charge >= 0.3 is 0 Å². The summed E-state index contributed by atoms with van der Waals surface area (Å²) in [6, 6.07) is 4.15. The highest BCUT2D eigenvalue weighted by Crippen LogP contribution is 2.20. The first kappa shape index (κ1) is 10.1. The number of para-hydroxylation sites is 1. The van der Waals surface area contributed by atoms with Gasteiger partial charge in [-0.15, -0.1) is 0 Å². The molecule has 3 N–H and O–H groups in total. The molecule has 0 saturated carbocycles. The van der Waals surface area contributed by atoms with Gasteiger partial charge in [0.15, 0.2) is 5.82 Å². The van der Waals surface area contributed by atoms with Gasteiger partial charge in [0.1, 0.15) is 11.3 Å². The van der Waals surface area contributed by atoms with E-state index in [0.717, 1.165) is 0 Å². The Morgan fingerprint density at radius 1 is 1.60 bits per heavy atom. The SMILES string of the molecule is Cn1c(C(N)CO)nc2c(F)cccc21. The smallest absolute Gasteiger partial charge is 0.151 e. The number of nitrogens with two attached hydrogens (primary N) is 1. The van der Waals surface area contributed by atoms with Crippen LogP contribution < -0.4 is 5.73 Å². The van der Waals surface area contributed by atoms with Crippen molar-refractivity contribution in [3.05, 3.63) is 29.8 Å². The highest BCUT2D eigenvalue weighted by Gasteiger charge is 2.15. The molecule has 5 heteroatoms. The van der Waals surface area contributed by atoms with Gasteiger partial charge in [-0.2, -0.15) is 0 Å². The Hall–Kier alpha value is -1.46. The second-order valence-electron chi connectivity index (χ2n) is 3.43. The maximum Gasteiger partial charge on any atom is 0.151 e. The molecule has 1 unspecified atom stereocenters. The third-order valence-electron chi connectivity index (χ3n) is 2.43. The normalized spacial score (nSPS) is 13.3. The zero-order valence-corrected chi connectivity index (χ0v) is 8.31. The lowest BCUT2D eigenvalue weighted by Gasteiger charge is -2.07.